The van der Waals surface area contributed by atoms with Crippen LogP contribution in [0.1, 0.15) is 69.8 Å². The molecule has 0 spiro atoms. The van der Waals surface area contributed by atoms with E-state index in [2.05, 4.69) is 46.7 Å². The zero-order valence-corrected chi connectivity index (χ0v) is 33.9. The molecule has 6 heteroatoms. The van der Waals surface area contributed by atoms with Gasteiger partial charge in [-0.3, -0.25) is 4.98 Å². The Hall–Kier alpha value is -4.22. The number of rotatable bonds is 7. The molecule has 3 aromatic carbocycles. The molecule has 0 N–H and O–H groups in total. The van der Waals surface area contributed by atoms with Crippen LogP contribution in [0, 0.1) is 17.5 Å². The Bertz CT molecular complexity index is 2450. The molecule has 4 aromatic heterocycles. The van der Waals surface area contributed by atoms with Crippen molar-refractivity contribution in [2.75, 3.05) is 0 Å². The molecule has 0 atom stereocenters. The number of benzene rings is 3. The average molecular weight is 871 g/mol. The molecule has 0 aliphatic rings. The van der Waals surface area contributed by atoms with Crippen LogP contribution in [-0.2, 0) is 32.9 Å². The fraction of sp³-hybridized carbons (Fsp3) is 0.267. The molecule has 0 fully saturated rings. The first kappa shape index (κ1) is 31.5. The van der Waals surface area contributed by atoms with Crippen LogP contribution in [0.15, 0.2) is 114 Å². The number of fused-ring (bicyclic) bond motifs is 3. The third-order valence-electron chi connectivity index (χ3n) is 8.11. The van der Waals surface area contributed by atoms with Crippen molar-refractivity contribution in [3.8, 4) is 22.5 Å². The van der Waals surface area contributed by atoms with Crippen molar-refractivity contribution < 1.29 is 31.4 Å². The van der Waals surface area contributed by atoms with Gasteiger partial charge in [-0.15, -0.1) is 59.7 Å². The molecule has 0 saturated heterocycles. The monoisotopic (exact) mass is 871 g/mol. The van der Waals surface area contributed by atoms with Gasteiger partial charge in [0, 0.05) is 50.4 Å². The molecule has 4 nitrogen and oxygen atoms in total. The minimum Gasteiger partial charge on any atom is -0.499 e. The van der Waals surface area contributed by atoms with E-state index in [-0.39, 0.29) is 20.1 Å². The van der Waals surface area contributed by atoms with Gasteiger partial charge < -0.3 is 14.4 Å². The van der Waals surface area contributed by atoms with Crippen molar-refractivity contribution in [2.45, 2.75) is 72.9 Å². The van der Waals surface area contributed by atoms with Crippen LogP contribution in [0.4, 0.5) is 0 Å². The SMILES string of the molecule is [2H]C(C)(C)c1cc2c(cn1)oc1c[c-]c(-c3cc(C([2H])([2H])C(C)(C)C)ccn3)cc12.[2H]C([2H])(c1ccccc1)c1cc(-c2[c-]cccc2)ncc1[Si](C)(C)C.[Ir]. The van der Waals surface area contributed by atoms with Crippen molar-refractivity contribution in [2.24, 2.45) is 5.41 Å². The Labute approximate surface area is 325 Å². The zero-order valence-electron chi connectivity index (χ0n) is 35.5. The van der Waals surface area contributed by atoms with E-state index in [1.807, 2.05) is 99.8 Å². The maximum atomic E-state index is 8.84. The first-order valence-electron chi connectivity index (χ1n) is 19.4. The number of furan rings is 1. The summed E-state index contributed by atoms with van der Waals surface area (Å²) in [6, 6.07) is 34.5. The van der Waals surface area contributed by atoms with E-state index in [0.717, 1.165) is 38.3 Å². The molecule has 4 heterocycles. The van der Waals surface area contributed by atoms with Gasteiger partial charge in [0.25, 0.3) is 0 Å². The van der Waals surface area contributed by atoms with Crippen LogP contribution in [0.2, 0.25) is 19.6 Å². The van der Waals surface area contributed by atoms with Crippen LogP contribution in [0.25, 0.3) is 44.5 Å². The number of pyridine rings is 3. The zero-order chi connectivity index (χ0) is 40.0. The van der Waals surface area contributed by atoms with E-state index in [1.165, 1.54) is 0 Å². The predicted molar refractivity (Wildman–Crippen MR) is 212 cm³/mol. The maximum Gasteiger partial charge on any atom is 0.139 e. The number of aromatic nitrogens is 3. The third kappa shape index (κ3) is 9.56. The van der Waals surface area contributed by atoms with E-state index in [1.54, 1.807) is 44.4 Å². The summed E-state index contributed by atoms with van der Waals surface area (Å²) in [6.45, 7) is 16.0. The van der Waals surface area contributed by atoms with Gasteiger partial charge in [0.05, 0.1) is 19.9 Å². The molecule has 0 aliphatic heterocycles. The van der Waals surface area contributed by atoms with Crippen LogP contribution in [0.5, 0.6) is 0 Å². The minimum absolute atomic E-state index is 0. The van der Waals surface area contributed by atoms with Gasteiger partial charge in [-0.2, -0.15) is 0 Å². The second-order valence-electron chi connectivity index (χ2n) is 14.7. The Morgan fingerprint density at radius 3 is 2.20 bits per heavy atom. The van der Waals surface area contributed by atoms with E-state index in [4.69, 9.17) is 11.3 Å². The van der Waals surface area contributed by atoms with Gasteiger partial charge in [0.2, 0.25) is 0 Å². The Kier molecular flexibility index (Phi) is 9.87. The molecule has 7 rings (SSSR count). The van der Waals surface area contributed by atoms with Gasteiger partial charge in [-0.05, 0) is 58.3 Å². The summed E-state index contributed by atoms with van der Waals surface area (Å²) < 4.78 is 49.0. The number of nitrogens with zero attached hydrogens (tertiary/aromatic N) is 3. The fourth-order valence-electron chi connectivity index (χ4n) is 5.67. The molecule has 263 valence electrons. The van der Waals surface area contributed by atoms with Crippen molar-refractivity contribution in [1.82, 2.24) is 15.0 Å². The summed E-state index contributed by atoms with van der Waals surface area (Å²) in [5.74, 6) is -0.810. The summed E-state index contributed by atoms with van der Waals surface area (Å²) in [7, 11) is -1.76. The molecule has 0 saturated carbocycles. The van der Waals surface area contributed by atoms with Crippen molar-refractivity contribution >= 4 is 35.2 Å². The Morgan fingerprint density at radius 2 is 1.51 bits per heavy atom. The molecule has 0 aliphatic carbocycles. The predicted octanol–water partition coefficient (Wildman–Crippen LogP) is 11.2. The van der Waals surface area contributed by atoms with E-state index in [0.29, 0.717) is 33.7 Å². The van der Waals surface area contributed by atoms with Gasteiger partial charge in [0.1, 0.15) is 5.58 Å². The summed E-state index contributed by atoms with van der Waals surface area (Å²) in [6.07, 6.45) is 2.11. The summed E-state index contributed by atoms with van der Waals surface area (Å²) >= 11 is 0. The molecule has 0 amide bonds. The first-order chi connectivity index (χ1) is 25.7. The Balaban J connectivity index is 0.000000214. The molecule has 0 unspecified atom stereocenters. The van der Waals surface area contributed by atoms with Crippen molar-refractivity contribution in [3.63, 3.8) is 0 Å². The number of hydrogen-bond donors (Lipinski definition) is 0. The molecule has 1 radical (unpaired) electrons. The first-order valence-corrected chi connectivity index (χ1v) is 20.4. The average Bonchev–Trinajstić information content (AvgIpc) is 3.52. The fourth-order valence-corrected chi connectivity index (χ4v) is 7.06. The van der Waals surface area contributed by atoms with Crippen molar-refractivity contribution in [1.29, 1.82) is 0 Å². The maximum absolute atomic E-state index is 8.84. The standard InChI is InChI=1S/C24H25N2O.C21H22NSi.Ir/c1-15(2)20-12-19-18-11-17(6-7-22(18)27-23(19)14-26-20)21-10-16(8-9-25-21)13-24(3,4)5;1-23(2,3)21-16-22-20(18-12-8-5-9-13-18)15-19(21)14-17-10-6-4-7-11-17;/h7-12,14-15H,13H2,1-5H3;4-12,15-16H,14H2,1-3H3;/q2*-1;/i13D2,15D;14D2;. The molecular formula is C45H47IrN3OSi-2. The largest absolute Gasteiger partial charge is 0.499 e. The molecule has 7 aromatic rings. The second-order valence-corrected chi connectivity index (χ2v) is 19.8. The van der Waals surface area contributed by atoms with Crippen LogP contribution in [-0.4, -0.2) is 23.0 Å². The summed E-state index contributed by atoms with van der Waals surface area (Å²) in [4.78, 5) is 13.5. The third-order valence-corrected chi connectivity index (χ3v) is 10.1. The molecular weight excluding hydrogens is 819 g/mol. The molecule has 51 heavy (non-hydrogen) atoms. The minimum atomic E-state index is -1.76. The van der Waals surface area contributed by atoms with E-state index < -0.39 is 32.1 Å². The summed E-state index contributed by atoms with van der Waals surface area (Å²) in [5.41, 5.74) is 6.53. The number of hydrogen-bond acceptors (Lipinski definition) is 4. The van der Waals surface area contributed by atoms with Crippen LogP contribution in [0.3, 0.4) is 0 Å². The Morgan fingerprint density at radius 1 is 0.784 bits per heavy atom. The van der Waals surface area contributed by atoms with Crippen LogP contribution >= 0.6 is 0 Å². The summed E-state index contributed by atoms with van der Waals surface area (Å²) in [5, 5.41) is 2.85. The van der Waals surface area contributed by atoms with Crippen LogP contribution < -0.4 is 5.19 Å². The topological polar surface area (TPSA) is 51.8 Å². The normalized spacial score (nSPS) is 13.9. The van der Waals surface area contributed by atoms with E-state index in [9.17, 15) is 0 Å². The van der Waals surface area contributed by atoms with Gasteiger partial charge >= 0.3 is 0 Å². The van der Waals surface area contributed by atoms with Gasteiger partial charge in [0.15, 0.2) is 0 Å². The van der Waals surface area contributed by atoms with Gasteiger partial charge in [-0.1, -0.05) is 113 Å². The molecule has 0 bridgehead atoms. The van der Waals surface area contributed by atoms with Crippen molar-refractivity contribution in [3.05, 3.63) is 144 Å². The van der Waals surface area contributed by atoms with E-state index >= 15 is 0 Å². The second kappa shape index (κ2) is 16.0. The van der Waals surface area contributed by atoms with Gasteiger partial charge in [-0.25, -0.2) is 0 Å². The smallest absolute Gasteiger partial charge is 0.139 e. The quantitative estimate of drug-likeness (QED) is 0.118.